The molecule has 0 fully saturated rings. The Bertz CT molecular complexity index is 422. The molecule has 0 saturated carbocycles. The van der Waals surface area contributed by atoms with Gasteiger partial charge in [0.1, 0.15) is 5.60 Å². The number of pyridine rings is 1. The summed E-state index contributed by atoms with van der Waals surface area (Å²) in [6, 6.07) is 1.69. The molecule has 1 amide bonds. The molecule has 4 nitrogen and oxygen atoms in total. The Kier molecular flexibility index (Phi) is 4.91. The molecular weight excluding hydrogens is 307 g/mol. The van der Waals surface area contributed by atoms with Crippen LogP contribution in [0.2, 0.25) is 5.15 Å². The van der Waals surface area contributed by atoms with Crippen LogP contribution in [0.25, 0.3) is 0 Å². The van der Waals surface area contributed by atoms with Crippen LogP contribution in [-0.4, -0.2) is 23.6 Å². The van der Waals surface area contributed by atoms with E-state index in [0.29, 0.717) is 12.1 Å². The minimum Gasteiger partial charge on any atom is -0.369 e. The fourth-order valence-electron chi connectivity index (χ4n) is 1.16. The molecule has 0 aliphatic carbocycles. The first-order valence-corrected chi connectivity index (χ1v) is 6.27. The van der Waals surface area contributed by atoms with Crippen molar-refractivity contribution < 1.29 is 9.53 Å². The van der Waals surface area contributed by atoms with Gasteiger partial charge in [-0.3, -0.25) is 4.79 Å². The van der Waals surface area contributed by atoms with Gasteiger partial charge in [0, 0.05) is 17.8 Å². The molecule has 0 saturated heterocycles. The van der Waals surface area contributed by atoms with Gasteiger partial charge in [0.05, 0.1) is 5.69 Å². The number of amides is 1. The Morgan fingerprint density at radius 3 is 2.88 bits per heavy atom. The van der Waals surface area contributed by atoms with Crippen molar-refractivity contribution in [2.45, 2.75) is 25.9 Å². The lowest BCUT2D eigenvalue weighted by Gasteiger charge is -2.25. The number of rotatable bonds is 4. The van der Waals surface area contributed by atoms with Crippen molar-refractivity contribution in [3.63, 3.8) is 0 Å². The molecule has 1 atom stereocenters. The van der Waals surface area contributed by atoms with E-state index in [9.17, 15) is 4.79 Å². The number of anilines is 1. The number of ether oxygens (including phenoxy) is 1. The Morgan fingerprint density at radius 2 is 2.35 bits per heavy atom. The maximum Gasteiger partial charge on any atom is 0.256 e. The molecule has 94 valence electrons. The lowest BCUT2D eigenvalue weighted by molar-refractivity contribution is -0.136. The molecular formula is C11H14BrClN2O2. The van der Waals surface area contributed by atoms with E-state index < -0.39 is 5.60 Å². The molecule has 17 heavy (non-hydrogen) atoms. The molecule has 1 aromatic heterocycles. The summed E-state index contributed by atoms with van der Waals surface area (Å²) in [5, 5.41) is 2.95. The maximum absolute atomic E-state index is 12.0. The zero-order valence-electron chi connectivity index (χ0n) is 9.88. The lowest BCUT2D eigenvalue weighted by atomic mass is 10.0. The van der Waals surface area contributed by atoms with E-state index in [2.05, 4.69) is 26.2 Å². The summed E-state index contributed by atoms with van der Waals surface area (Å²) in [5.41, 5.74) is -0.409. The normalized spacial score (nSPS) is 14.2. The second-order valence-electron chi connectivity index (χ2n) is 3.73. The molecule has 1 heterocycles. The Labute approximate surface area is 114 Å². The van der Waals surface area contributed by atoms with Crippen LogP contribution in [0, 0.1) is 0 Å². The van der Waals surface area contributed by atoms with Crippen molar-refractivity contribution in [2.75, 3.05) is 12.4 Å². The zero-order valence-corrected chi connectivity index (χ0v) is 12.2. The van der Waals surface area contributed by atoms with Crippen molar-refractivity contribution in [1.29, 1.82) is 0 Å². The third-order valence-corrected chi connectivity index (χ3v) is 3.39. The predicted molar refractivity (Wildman–Crippen MR) is 71.3 cm³/mol. The second kappa shape index (κ2) is 5.80. The molecule has 0 spiro atoms. The zero-order chi connectivity index (χ0) is 13.1. The first-order valence-electron chi connectivity index (χ1n) is 5.10. The minimum atomic E-state index is -0.869. The number of nitrogens with one attached hydrogen (secondary N) is 1. The van der Waals surface area contributed by atoms with Gasteiger partial charge in [0.15, 0.2) is 5.15 Å². The van der Waals surface area contributed by atoms with Crippen LogP contribution in [0.3, 0.4) is 0 Å². The first kappa shape index (κ1) is 14.4. The summed E-state index contributed by atoms with van der Waals surface area (Å²) in [6.45, 7) is 3.60. The van der Waals surface area contributed by atoms with Crippen molar-refractivity contribution in [3.05, 3.63) is 21.9 Å². The smallest absolute Gasteiger partial charge is 0.256 e. The van der Waals surface area contributed by atoms with E-state index in [1.54, 1.807) is 19.2 Å². The standard InChI is InChI=1S/C11H14BrClN2O2/c1-4-11(2,17-3)10(16)15-8-5-7(12)6-14-9(8)13/h5-6H,4H2,1-3H3,(H,15,16). The predicted octanol–water partition coefficient (Wildman–Crippen LogP) is 3.25. The molecule has 6 heteroatoms. The number of carbonyl (C=O) groups is 1. The van der Waals surface area contributed by atoms with Crippen molar-refractivity contribution >= 4 is 39.1 Å². The molecule has 1 aromatic rings. The van der Waals surface area contributed by atoms with Crippen molar-refractivity contribution in [2.24, 2.45) is 0 Å². The van der Waals surface area contributed by atoms with Gasteiger partial charge in [-0.25, -0.2) is 4.98 Å². The molecule has 1 unspecified atom stereocenters. The third kappa shape index (κ3) is 3.40. The van der Waals surface area contributed by atoms with E-state index in [-0.39, 0.29) is 11.1 Å². The van der Waals surface area contributed by atoms with Gasteiger partial charge in [-0.15, -0.1) is 0 Å². The van der Waals surface area contributed by atoms with Gasteiger partial charge in [-0.2, -0.15) is 0 Å². The summed E-state index contributed by atoms with van der Waals surface area (Å²) >= 11 is 9.16. The SMILES string of the molecule is CCC(C)(OC)C(=O)Nc1cc(Br)cnc1Cl. The lowest BCUT2D eigenvalue weighted by Crippen LogP contribution is -2.41. The van der Waals surface area contributed by atoms with E-state index in [1.807, 2.05) is 6.92 Å². The largest absolute Gasteiger partial charge is 0.369 e. The fraction of sp³-hybridized carbons (Fsp3) is 0.455. The van der Waals surface area contributed by atoms with E-state index >= 15 is 0 Å². The van der Waals surface area contributed by atoms with Crippen LogP contribution in [0.5, 0.6) is 0 Å². The number of carbonyl (C=O) groups excluding carboxylic acids is 1. The molecule has 0 aliphatic heterocycles. The average molecular weight is 322 g/mol. The minimum absolute atomic E-state index is 0.246. The summed E-state index contributed by atoms with van der Waals surface area (Å²) in [7, 11) is 1.50. The average Bonchev–Trinajstić information content (AvgIpc) is 2.32. The van der Waals surface area contributed by atoms with Crippen LogP contribution in [0.1, 0.15) is 20.3 Å². The molecule has 0 aromatic carbocycles. The number of hydrogen-bond acceptors (Lipinski definition) is 3. The van der Waals surface area contributed by atoms with Crippen LogP contribution >= 0.6 is 27.5 Å². The van der Waals surface area contributed by atoms with Gasteiger partial charge in [0.25, 0.3) is 5.91 Å². The quantitative estimate of drug-likeness (QED) is 0.866. The van der Waals surface area contributed by atoms with E-state index in [1.165, 1.54) is 7.11 Å². The summed E-state index contributed by atoms with van der Waals surface area (Å²) in [4.78, 5) is 16.0. The fourth-order valence-corrected chi connectivity index (χ4v) is 1.64. The molecule has 0 radical (unpaired) electrons. The van der Waals surface area contributed by atoms with Crippen molar-refractivity contribution in [1.82, 2.24) is 4.98 Å². The number of halogens is 2. The highest BCUT2D eigenvalue weighted by Gasteiger charge is 2.31. The highest BCUT2D eigenvalue weighted by molar-refractivity contribution is 9.10. The number of aromatic nitrogens is 1. The van der Waals surface area contributed by atoms with Gasteiger partial charge in [-0.05, 0) is 35.3 Å². The van der Waals surface area contributed by atoms with Gasteiger partial charge in [0.2, 0.25) is 0 Å². The van der Waals surface area contributed by atoms with E-state index in [0.717, 1.165) is 4.47 Å². The van der Waals surface area contributed by atoms with Gasteiger partial charge < -0.3 is 10.1 Å². The Morgan fingerprint density at radius 1 is 1.71 bits per heavy atom. The number of hydrogen-bond donors (Lipinski definition) is 1. The Hall–Kier alpha value is -0.650. The Balaban J connectivity index is 2.91. The molecule has 1 rings (SSSR count). The highest BCUT2D eigenvalue weighted by Crippen LogP contribution is 2.25. The van der Waals surface area contributed by atoms with Crippen LogP contribution in [0.15, 0.2) is 16.7 Å². The molecule has 0 aliphatic rings. The monoisotopic (exact) mass is 320 g/mol. The third-order valence-electron chi connectivity index (χ3n) is 2.66. The maximum atomic E-state index is 12.0. The van der Waals surface area contributed by atoms with E-state index in [4.69, 9.17) is 16.3 Å². The second-order valence-corrected chi connectivity index (χ2v) is 5.01. The van der Waals surface area contributed by atoms with Crippen LogP contribution in [-0.2, 0) is 9.53 Å². The van der Waals surface area contributed by atoms with Crippen LogP contribution in [0.4, 0.5) is 5.69 Å². The first-order chi connectivity index (χ1) is 7.92. The summed E-state index contributed by atoms with van der Waals surface area (Å²) in [5.74, 6) is -0.246. The summed E-state index contributed by atoms with van der Waals surface area (Å²) in [6.07, 6.45) is 2.13. The molecule has 1 N–H and O–H groups in total. The topological polar surface area (TPSA) is 51.2 Å². The van der Waals surface area contributed by atoms with Gasteiger partial charge in [-0.1, -0.05) is 18.5 Å². The molecule has 0 bridgehead atoms. The highest BCUT2D eigenvalue weighted by atomic mass is 79.9. The van der Waals surface area contributed by atoms with Crippen LogP contribution < -0.4 is 5.32 Å². The van der Waals surface area contributed by atoms with Crippen molar-refractivity contribution in [3.8, 4) is 0 Å². The van der Waals surface area contributed by atoms with Gasteiger partial charge >= 0.3 is 0 Å². The summed E-state index contributed by atoms with van der Waals surface area (Å²) < 4.78 is 5.95. The number of methoxy groups -OCH3 is 1. The number of nitrogens with zero attached hydrogens (tertiary/aromatic N) is 1.